The van der Waals surface area contributed by atoms with Gasteiger partial charge in [0.1, 0.15) is 11.6 Å². The predicted octanol–water partition coefficient (Wildman–Crippen LogP) is 2.49. The molecule has 0 bridgehead atoms. The van der Waals surface area contributed by atoms with Gasteiger partial charge in [0.2, 0.25) is 5.91 Å². The van der Waals surface area contributed by atoms with Crippen molar-refractivity contribution in [2.45, 2.75) is 38.1 Å². The van der Waals surface area contributed by atoms with Crippen LogP contribution in [0.3, 0.4) is 0 Å². The summed E-state index contributed by atoms with van der Waals surface area (Å²) in [5.74, 6) is 1.91. The van der Waals surface area contributed by atoms with Crippen molar-refractivity contribution in [2.24, 2.45) is 11.7 Å². The van der Waals surface area contributed by atoms with Crippen LogP contribution in [0.2, 0.25) is 0 Å². The van der Waals surface area contributed by atoms with E-state index in [9.17, 15) is 4.79 Å². The Morgan fingerprint density at radius 3 is 2.58 bits per heavy atom. The molecular weight excluding hydrogens is 375 g/mol. The van der Waals surface area contributed by atoms with Gasteiger partial charge in [-0.3, -0.25) is 4.79 Å². The van der Waals surface area contributed by atoms with Crippen LogP contribution in [0.5, 0.6) is 5.75 Å². The van der Waals surface area contributed by atoms with Crippen LogP contribution >= 0.6 is 24.8 Å². The smallest absolute Gasteiger partial charge is 0.227 e. The molecule has 1 aromatic rings. The van der Waals surface area contributed by atoms with E-state index in [1.54, 1.807) is 13.3 Å². The lowest BCUT2D eigenvalue weighted by Gasteiger charge is -2.42. The molecule has 3 rings (SSSR count). The maximum atomic E-state index is 12.9. The second-order valence-electron chi connectivity index (χ2n) is 7.17. The third-order valence-electron chi connectivity index (χ3n) is 5.42. The van der Waals surface area contributed by atoms with E-state index < -0.39 is 0 Å². The Labute approximate surface area is 168 Å². The van der Waals surface area contributed by atoms with Crippen molar-refractivity contribution in [3.8, 4) is 5.75 Å². The number of piperazine rings is 1. The molecular formula is C18H30Cl2N4O2. The van der Waals surface area contributed by atoms with Crippen LogP contribution in [0, 0.1) is 5.92 Å². The summed E-state index contributed by atoms with van der Waals surface area (Å²) >= 11 is 0. The molecule has 2 unspecified atom stereocenters. The fourth-order valence-corrected chi connectivity index (χ4v) is 3.84. The minimum Gasteiger partial charge on any atom is -0.497 e. The van der Waals surface area contributed by atoms with Crippen molar-refractivity contribution in [1.82, 2.24) is 9.88 Å². The van der Waals surface area contributed by atoms with Crippen LogP contribution in [0.4, 0.5) is 5.82 Å². The Balaban J connectivity index is 0.00000169. The van der Waals surface area contributed by atoms with E-state index >= 15 is 0 Å². The summed E-state index contributed by atoms with van der Waals surface area (Å²) in [7, 11) is 1.66. The number of halogens is 2. The van der Waals surface area contributed by atoms with Gasteiger partial charge in [-0.2, -0.15) is 0 Å². The zero-order valence-corrected chi connectivity index (χ0v) is 17.2. The number of carbonyl (C=O) groups is 1. The van der Waals surface area contributed by atoms with Gasteiger partial charge in [-0.25, -0.2) is 4.98 Å². The molecule has 148 valence electrons. The monoisotopic (exact) mass is 404 g/mol. The van der Waals surface area contributed by atoms with Crippen molar-refractivity contribution < 1.29 is 9.53 Å². The van der Waals surface area contributed by atoms with Crippen LogP contribution in [0.1, 0.15) is 32.6 Å². The average Bonchev–Trinajstić information content (AvgIpc) is 2.61. The standard InChI is InChI=1S/C18H28N4O2.2ClH/c1-18(19)7-4-3-5-15(18)17(23)22-11-9-21(10-12-22)16-13-14(24-2)6-8-20-16;;/h6,8,13,15H,3-5,7,9-12,19H2,1-2H3;2*1H. The molecule has 1 aromatic heterocycles. The summed E-state index contributed by atoms with van der Waals surface area (Å²) in [6, 6.07) is 3.78. The van der Waals surface area contributed by atoms with Crippen molar-refractivity contribution >= 4 is 36.5 Å². The third-order valence-corrected chi connectivity index (χ3v) is 5.42. The number of anilines is 1. The molecule has 6 nitrogen and oxygen atoms in total. The van der Waals surface area contributed by atoms with Gasteiger partial charge in [0.15, 0.2) is 0 Å². The number of pyridine rings is 1. The number of amides is 1. The van der Waals surface area contributed by atoms with Gasteiger partial charge < -0.3 is 20.3 Å². The van der Waals surface area contributed by atoms with Gasteiger partial charge in [-0.05, 0) is 25.8 Å². The molecule has 2 atom stereocenters. The van der Waals surface area contributed by atoms with Gasteiger partial charge in [0, 0.05) is 44.0 Å². The number of hydrogen-bond acceptors (Lipinski definition) is 5. The Kier molecular flexibility index (Phi) is 8.44. The zero-order chi connectivity index (χ0) is 17.2. The van der Waals surface area contributed by atoms with Crippen LogP contribution < -0.4 is 15.4 Å². The first-order chi connectivity index (χ1) is 11.5. The summed E-state index contributed by atoms with van der Waals surface area (Å²) in [6.07, 6.45) is 5.86. The number of hydrogen-bond donors (Lipinski definition) is 1. The molecule has 2 N–H and O–H groups in total. The summed E-state index contributed by atoms with van der Waals surface area (Å²) < 4.78 is 5.26. The number of ether oxygens (including phenoxy) is 1. The topological polar surface area (TPSA) is 71.7 Å². The molecule has 26 heavy (non-hydrogen) atoms. The molecule has 1 saturated heterocycles. The second-order valence-corrected chi connectivity index (χ2v) is 7.17. The number of rotatable bonds is 3. The lowest BCUT2D eigenvalue weighted by Crippen LogP contribution is -2.57. The van der Waals surface area contributed by atoms with Gasteiger partial charge in [-0.1, -0.05) is 12.8 Å². The van der Waals surface area contributed by atoms with Crippen LogP contribution in [-0.4, -0.2) is 54.6 Å². The largest absolute Gasteiger partial charge is 0.497 e. The summed E-state index contributed by atoms with van der Waals surface area (Å²) in [6.45, 7) is 5.07. The minimum atomic E-state index is -0.360. The highest BCUT2D eigenvalue weighted by atomic mass is 35.5. The first-order valence-electron chi connectivity index (χ1n) is 8.84. The maximum Gasteiger partial charge on any atom is 0.227 e. The van der Waals surface area contributed by atoms with E-state index in [-0.39, 0.29) is 42.2 Å². The molecule has 2 fully saturated rings. The molecule has 0 radical (unpaired) electrons. The first-order valence-corrected chi connectivity index (χ1v) is 8.84. The summed E-state index contributed by atoms with van der Waals surface area (Å²) in [5.41, 5.74) is 6.04. The van der Waals surface area contributed by atoms with Gasteiger partial charge in [0.05, 0.1) is 13.0 Å². The van der Waals surface area contributed by atoms with E-state index in [4.69, 9.17) is 10.5 Å². The second kappa shape index (κ2) is 9.62. The quantitative estimate of drug-likeness (QED) is 0.837. The molecule has 1 aliphatic heterocycles. The molecule has 1 saturated carbocycles. The van der Waals surface area contributed by atoms with Crippen LogP contribution in [-0.2, 0) is 4.79 Å². The fraction of sp³-hybridized carbons (Fsp3) is 0.667. The molecule has 1 aliphatic carbocycles. The number of aromatic nitrogens is 1. The first kappa shape index (κ1) is 22.8. The lowest BCUT2D eigenvalue weighted by molar-refractivity contribution is -0.139. The van der Waals surface area contributed by atoms with Crippen molar-refractivity contribution in [2.75, 3.05) is 38.2 Å². The normalized spacial score (nSPS) is 25.7. The number of nitrogens with zero attached hydrogens (tertiary/aromatic N) is 3. The molecule has 8 heteroatoms. The van der Waals surface area contributed by atoms with Gasteiger partial charge in [0.25, 0.3) is 0 Å². The molecule has 2 heterocycles. The fourth-order valence-electron chi connectivity index (χ4n) is 3.84. The molecule has 0 aromatic carbocycles. The number of methoxy groups -OCH3 is 1. The van der Waals surface area contributed by atoms with Crippen molar-refractivity contribution in [3.63, 3.8) is 0 Å². The minimum absolute atomic E-state index is 0. The Bertz CT molecular complexity index is 592. The van der Waals surface area contributed by atoms with E-state index in [1.165, 1.54) is 0 Å². The molecule has 1 amide bonds. The Morgan fingerprint density at radius 2 is 1.96 bits per heavy atom. The molecule has 2 aliphatic rings. The van der Waals surface area contributed by atoms with Gasteiger partial charge >= 0.3 is 0 Å². The van der Waals surface area contributed by atoms with E-state index in [2.05, 4.69) is 9.88 Å². The number of carbonyl (C=O) groups excluding carboxylic acids is 1. The lowest BCUT2D eigenvalue weighted by atomic mass is 9.74. The Morgan fingerprint density at radius 1 is 1.27 bits per heavy atom. The van der Waals surface area contributed by atoms with Crippen LogP contribution in [0.25, 0.3) is 0 Å². The van der Waals surface area contributed by atoms with E-state index in [0.29, 0.717) is 0 Å². The highest BCUT2D eigenvalue weighted by Crippen LogP contribution is 2.33. The average molecular weight is 405 g/mol. The third kappa shape index (κ3) is 4.93. The van der Waals surface area contributed by atoms with E-state index in [1.807, 2.05) is 24.0 Å². The van der Waals surface area contributed by atoms with Gasteiger partial charge in [-0.15, -0.1) is 24.8 Å². The van der Waals surface area contributed by atoms with Crippen molar-refractivity contribution in [1.29, 1.82) is 0 Å². The SMILES string of the molecule is COc1ccnc(N2CCN(C(=O)C3CCCCC3(C)N)CC2)c1.Cl.Cl. The number of nitrogens with two attached hydrogens (primary N) is 1. The Hall–Kier alpha value is -1.24. The highest BCUT2D eigenvalue weighted by Gasteiger charge is 2.40. The van der Waals surface area contributed by atoms with Crippen LogP contribution in [0.15, 0.2) is 18.3 Å². The zero-order valence-electron chi connectivity index (χ0n) is 15.5. The summed E-state index contributed by atoms with van der Waals surface area (Å²) in [4.78, 5) is 21.5. The molecule has 0 spiro atoms. The maximum absolute atomic E-state index is 12.9. The van der Waals surface area contributed by atoms with E-state index in [0.717, 1.165) is 63.4 Å². The van der Waals surface area contributed by atoms with Crippen molar-refractivity contribution in [3.05, 3.63) is 18.3 Å². The summed E-state index contributed by atoms with van der Waals surface area (Å²) in [5, 5.41) is 0. The highest BCUT2D eigenvalue weighted by molar-refractivity contribution is 5.85. The predicted molar refractivity (Wildman–Crippen MR) is 109 cm³/mol.